The van der Waals surface area contributed by atoms with E-state index in [9.17, 15) is 4.79 Å². The van der Waals surface area contributed by atoms with E-state index >= 15 is 0 Å². The van der Waals surface area contributed by atoms with Crippen molar-refractivity contribution in [3.05, 3.63) is 90.1 Å². The smallest absolute Gasteiger partial charge is 0.180 e. The number of anilines is 2. The van der Waals surface area contributed by atoms with Crippen LogP contribution in [0.25, 0.3) is 11.1 Å². The Balaban J connectivity index is 1.98. The van der Waals surface area contributed by atoms with Gasteiger partial charge in [-0.2, -0.15) is 0 Å². The first-order valence-electron chi connectivity index (χ1n) is 9.32. The average molecular weight is 366 g/mol. The van der Waals surface area contributed by atoms with Crippen molar-refractivity contribution in [3.63, 3.8) is 0 Å². The minimum Gasteiger partial charge on any atom is -0.306 e. The van der Waals surface area contributed by atoms with Gasteiger partial charge < -0.3 is 4.90 Å². The van der Waals surface area contributed by atoms with Crippen LogP contribution in [0.2, 0.25) is 0 Å². The van der Waals surface area contributed by atoms with Crippen molar-refractivity contribution in [1.29, 1.82) is 0 Å². The van der Waals surface area contributed by atoms with Gasteiger partial charge in [0.2, 0.25) is 0 Å². The van der Waals surface area contributed by atoms with Crippen molar-refractivity contribution in [2.45, 2.75) is 20.8 Å². The Labute approximate surface area is 165 Å². The second kappa shape index (κ2) is 6.93. The van der Waals surface area contributed by atoms with Crippen molar-refractivity contribution in [2.75, 3.05) is 4.90 Å². The number of carbonyl (C=O) groups is 1. The largest absolute Gasteiger partial charge is 0.306 e. The van der Waals surface area contributed by atoms with Crippen molar-refractivity contribution < 1.29 is 4.79 Å². The molecular weight excluding hydrogens is 344 g/mol. The highest BCUT2D eigenvalue weighted by Gasteiger charge is 2.29. The minimum atomic E-state index is -0.0842. The van der Waals surface area contributed by atoms with Gasteiger partial charge in [-0.05, 0) is 48.2 Å². The number of nitrogens with zero attached hydrogens (tertiary/aromatic N) is 2. The average Bonchev–Trinajstić information content (AvgIpc) is 2.69. The quantitative estimate of drug-likeness (QED) is 0.545. The normalized spacial score (nSPS) is 13.2. The molecule has 0 saturated heterocycles. The monoisotopic (exact) mass is 366 g/mol. The Morgan fingerprint density at radius 2 is 1.57 bits per heavy atom. The third kappa shape index (κ3) is 2.95. The topological polar surface area (TPSA) is 32.7 Å². The van der Waals surface area contributed by atoms with Gasteiger partial charge in [-0.3, -0.25) is 4.79 Å². The van der Waals surface area contributed by atoms with Crippen LogP contribution >= 0.6 is 0 Å². The van der Waals surface area contributed by atoms with Crippen LogP contribution in [0.1, 0.15) is 18.1 Å². The SMILES string of the molecule is C=C1C(C(C)=O)=Nc2ccc(-c3ccccc3)cc2N1c1c(C)cccc1C. The third-order valence-electron chi connectivity index (χ3n) is 5.10. The molecule has 0 aliphatic carbocycles. The van der Waals surface area contributed by atoms with E-state index in [0.717, 1.165) is 39.3 Å². The number of fused-ring (bicyclic) bond motifs is 1. The standard InChI is InChI=1S/C25H22N2O/c1-16-9-8-10-17(2)25(16)27-18(3)24(19(4)28)26-22-14-13-21(15-23(22)27)20-11-6-5-7-12-20/h5-15H,3H2,1-2,4H3. The zero-order valence-corrected chi connectivity index (χ0v) is 16.4. The summed E-state index contributed by atoms with van der Waals surface area (Å²) in [5.41, 5.74) is 8.28. The molecule has 1 aliphatic rings. The summed E-state index contributed by atoms with van der Waals surface area (Å²) < 4.78 is 0. The molecule has 3 heteroatoms. The van der Waals surface area contributed by atoms with Gasteiger partial charge in [-0.25, -0.2) is 4.99 Å². The van der Waals surface area contributed by atoms with Crippen LogP contribution < -0.4 is 4.90 Å². The highest BCUT2D eigenvalue weighted by Crippen LogP contribution is 2.45. The number of aliphatic imine (C=N–C) groups is 1. The number of carbonyl (C=O) groups excluding carboxylic acids is 1. The van der Waals surface area contributed by atoms with Crippen LogP contribution in [0.3, 0.4) is 0 Å². The third-order valence-corrected chi connectivity index (χ3v) is 5.10. The summed E-state index contributed by atoms with van der Waals surface area (Å²) in [5, 5.41) is 0. The van der Waals surface area contributed by atoms with E-state index in [0.29, 0.717) is 11.4 Å². The number of rotatable bonds is 3. The van der Waals surface area contributed by atoms with Gasteiger partial charge in [-0.15, -0.1) is 0 Å². The summed E-state index contributed by atoms with van der Waals surface area (Å²) in [4.78, 5) is 18.9. The Morgan fingerprint density at radius 1 is 0.893 bits per heavy atom. The Bertz CT molecular complexity index is 1110. The van der Waals surface area contributed by atoms with E-state index < -0.39 is 0 Å². The molecule has 1 aliphatic heterocycles. The maximum Gasteiger partial charge on any atom is 0.180 e. The molecule has 0 amide bonds. The zero-order valence-electron chi connectivity index (χ0n) is 16.4. The molecule has 0 bridgehead atoms. The molecule has 28 heavy (non-hydrogen) atoms. The second-order valence-electron chi connectivity index (χ2n) is 7.11. The maximum absolute atomic E-state index is 12.2. The molecule has 0 saturated carbocycles. The fourth-order valence-electron chi connectivity index (χ4n) is 3.74. The predicted molar refractivity (Wildman–Crippen MR) is 117 cm³/mol. The van der Waals surface area contributed by atoms with E-state index in [1.807, 2.05) is 36.4 Å². The lowest BCUT2D eigenvalue weighted by Gasteiger charge is -2.34. The van der Waals surface area contributed by atoms with Crippen molar-refractivity contribution in [1.82, 2.24) is 0 Å². The molecule has 3 nitrogen and oxygen atoms in total. The maximum atomic E-state index is 12.2. The molecule has 0 unspecified atom stereocenters. The molecule has 138 valence electrons. The number of Topliss-reactive ketones (excluding diaryl/α,β-unsaturated/α-hetero) is 1. The van der Waals surface area contributed by atoms with E-state index in [-0.39, 0.29) is 5.78 Å². The molecule has 3 aromatic carbocycles. The van der Waals surface area contributed by atoms with E-state index in [4.69, 9.17) is 0 Å². The second-order valence-corrected chi connectivity index (χ2v) is 7.11. The Hall–Kier alpha value is -3.46. The van der Waals surface area contributed by atoms with Crippen molar-refractivity contribution in [3.8, 4) is 11.1 Å². The summed E-state index contributed by atoms with van der Waals surface area (Å²) in [6.07, 6.45) is 0. The number of aryl methyl sites for hydroxylation is 2. The lowest BCUT2D eigenvalue weighted by molar-refractivity contribution is -0.111. The van der Waals surface area contributed by atoms with Gasteiger partial charge in [0.05, 0.1) is 22.8 Å². The van der Waals surface area contributed by atoms with Crippen LogP contribution in [0.5, 0.6) is 0 Å². The molecule has 0 radical (unpaired) electrons. The van der Waals surface area contributed by atoms with Crippen LogP contribution in [0, 0.1) is 13.8 Å². The predicted octanol–water partition coefficient (Wildman–Crippen LogP) is 6.30. The van der Waals surface area contributed by atoms with Crippen molar-refractivity contribution in [2.24, 2.45) is 4.99 Å². The van der Waals surface area contributed by atoms with Crippen LogP contribution in [-0.2, 0) is 4.79 Å². The molecular formula is C25H22N2O. The highest BCUT2D eigenvalue weighted by molar-refractivity contribution is 6.47. The number of allylic oxidation sites excluding steroid dienone is 1. The summed E-state index contributed by atoms with van der Waals surface area (Å²) in [6, 6.07) is 22.6. The first-order chi connectivity index (χ1) is 13.5. The zero-order chi connectivity index (χ0) is 19.8. The van der Waals surface area contributed by atoms with Gasteiger partial charge in [0.1, 0.15) is 5.71 Å². The first kappa shape index (κ1) is 17.9. The number of hydrogen-bond donors (Lipinski definition) is 0. The summed E-state index contributed by atoms with van der Waals surface area (Å²) in [5.74, 6) is -0.0842. The summed E-state index contributed by atoms with van der Waals surface area (Å²) >= 11 is 0. The highest BCUT2D eigenvalue weighted by atomic mass is 16.1. The molecule has 0 spiro atoms. The van der Waals surface area contributed by atoms with Crippen LogP contribution in [0.4, 0.5) is 17.1 Å². The molecule has 1 heterocycles. The van der Waals surface area contributed by atoms with Gasteiger partial charge >= 0.3 is 0 Å². The van der Waals surface area contributed by atoms with Gasteiger partial charge in [0.25, 0.3) is 0 Å². The summed E-state index contributed by atoms with van der Waals surface area (Å²) in [7, 11) is 0. The minimum absolute atomic E-state index is 0.0842. The molecule has 4 rings (SSSR count). The van der Waals surface area contributed by atoms with E-state index in [1.165, 1.54) is 6.92 Å². The number of para-hydroxylation sites is 1. The van der Waals surface area contributed by atoms with E-state index in [1.54, 1.807) is 0 Å². The fourth-order valence-corrected chi connectivity index (χ4v) is 3.74. The van der Waals surface area contributed by atoms with Crippen molar-refractivity contribution >= 4 is 28.6 Å². The van der Waals surface area contributed by atoms with Gasteiger partial charge in [0, 0.05) is 6.92 Å². The first-order valence-corrected chi connectivity index (χ1v) is 9.32. The number of benzene rings is 3. The Kier molecular flexibility index (Phi) is 4.44. The fraction of sp³-hybridized carbons (Fsp3) is 0.120. The van der Waals surface area contributed by atoms with E-state index in [2.05, 4.69) is 60.7 Å². The number of hydrogen-bond acceptors (Lipinski definition) is 3. The molecule has 0 atom stereocenters. The Morgan fingerprint density at radius 3 is 2.21 bits per heavy atom. The molecule has 3 aromatic rings. The van der Waals surface area contributed by atoms with Crippen LogP contribution in [0.15, 0.2) is 84.0 Å². The number of ketones is 1. The van der Waals surface area contributed by atoms with Crippen LogP contribution in [-0.4, -0.2) is 11.5 Å². The lowest BCUT2D eigenvalue weighted by Crippen LogP contribution is -2.30. The van der Waals surface area contributed by atoms with Gasteiger partial charge in [0.15, 0.2) is 5.78 Å². The van der Waals surface area contributed by atoms with Gasteiger partial charge in [-0.1, -0.05) is 61.2 Å². The lowest BCUT2D eigenvalue weighted by atomic mass is 9.99. The molecule has 0 N–H and O–H groups in total. The molecule has 0 fully saturated rings. The summed E-state index contributed by atoms with van der Waals surface area (Å²) in [6.45, 7) is 9.93. The molecule has 0 aromatic heterocycles.